The van der Waals surface area contributed by atoms with Crippen LogP contribution in [0.25, 0.3) is 0 Å². The predicted molar refractivity (Wildman–Crippen MR) is 55.8 cm³/mol. The largest absolute Gasteiger partial charge is 0.298 e. The topological polar surface area (TPSA) is 75.0 Å². The third kappa shape index (κ3) is 2.57. The number of carbonyl (C=O) groups excluding carboxylic acids is 1. The van der Waals surface area contributed by atoms with Gasteiger partial charge in [-0.15, -0.1) is 0 Å². The van der Waals surface area contributed by atoms with Crippen molar-refractivity contribution in [1.29, 1.82) is 5.26 Å². The van der Waals surface area contributed by atoms with Crippen molar-refractivity contribution in [3.63, 3.8) is 0 Å². The summed E-state index contributed by atoms with van der Waals surface area (Å²) >= 11 is 0. The molecule has 0 saturated heterocycles. The fourth-order valence-corrected chi connectivity index (χ4v) is 2.79. The van der Waals surface area contributed by atoms with E-state index < -0.39 is 15.3 Å². The molecule has 1 atom stereocenters. The van der Waals surface area contributed by atoms with E-state index in [4.69, 9.17) is 5.26 Å². The van der Waals surface area contributed by atoms with Gasteiger partial charge in [0.05, 0.1) is 11.8 Å². The molecule has 1 aliphatic carbocycles. The Bertz CT molecular complexity index is 393. The minimum absolute atomic E-state index is 0.0528. The summed E-state index contributed by atoms with van der Waals surface area (Å²) in [6.07, 6.45) is 1.80. The highest BCUT2D eigenvalue weighted by Crippen LogP contribution is 2.37. The van der Waals surface area contributed by atoms with Crippen molar-refractivity contribution < 1.29 is 13.2 Å². The lowest BCUT2D eigenvalue weighted by molar-refractivity contribution is -0.123. The third-order valence-electron chi connectivity index (χ3n) is 3.03. The second kappa shape index (κ2) is 4.31. The summed E-state index contributed by atoms with van der Waals surface area (Å²) in [4.78, 5) is 11.5. The van der Waals surface area contributed by atoms with Crippen LogP contribution in [0.15, 0.2) is 0 Å². The first-order chi connectivity index (χ1) is 6.96. The molecule has 1 rings (SSSR count). The Hall–Kier alpha value is -0.890. The lowest BCUT2D eigenvalue weighted by Gasteiger charge is -2.17. The minimum Gasteiger partial charge on any atom is -0.298 e. The predicted octanol–water partition coefficient (Wildman–Crippen LogP) is 1.07. The molecule has 0 aromatic heterocycles. The average Bonchev–Trinajstić information content (AvgIpc) is 2.58. The molecule has 1 saturated carbocycles. The Kier molecular flexibility index (Phi) is 3.50. The van der Waals surface area contributed by atoms with Crippen LogP contribution in [0.3, 0.4) is 0 Å². The molecular formula is C10H15NO3S. The third-order valence-corrected chi connectivity index (χ3v) is 4.74. The fourth-order valence-electron chi connectivity index (χ4n) is 1.84. The van der Waals surface area contributed by atoms with Crippen molar-refractivity contribution >= 4 is 15.6 Å². The molecule has 4 nitrogen and oxygen atoms in total. The van der Waals surface area contributed by atoms with Crippen LogP contribution in [-0.2, 0) is 14.6 Å². The van der Waals surface area contributed by atoms with Crippen LogP contribution in [0.2, 0.25) is 0 Å². The molecule has 0 aliphatic heterocycles. The van der Waals surface area contributed by atoms with E-state index in [1.807, 2.05) is 6.07 Å². The number of sulfone groups is 1. The summed E-state index contributed by atoms with van der Waals surface area (Å²) in [5.41, 5.74) is -1.01. The normalized spacial score (nSPS) is 26.5. The fraction of sp³-hybridized carbons (Fsp3) is 0.800. The molecule has 0 heterocycles. The summed E-state index contributed by atoms with van der Waals surface area (Å²) in [6.45, 7) is 1.57. The summed E-state index contributed by atoms with van der Waals surface area (Å²) < 4.78 is 22.6. The maximum Gasteiger partial charge on any atom is 0.153 e. The first-order valence-electron chi connectivity index (χ1n) is 5.11. The molecule has 15 heavy (non-hydrogen) atoms. The van der Waals surface area contributed by atoms with Gasteiger partial charge in [-0.1, -0.05) is 6.92 Å². The number of nitriles is 1. The Morgan fingerprint density at radius 3 is 2.60 bits per heavy atom. The maximum absolute atomic E-state index is 11.5. The first-order valence-corrected chi connectivity index (χ1v) is 6.93. The van der Waals surface area contributed by atoms with Gasteiger partial charge in [-0.2, -0.15) is 5.26 Å². The molecule has 0 aromatic rings. The van der Waals surface area contributed by atoms with E-state index in [0.717, 1.165) is 0 Å². The molecule has 84 valence electrons. The van der Waals surface area contributed by atoms with Gasteiger partial charge in [0.2, 0.25) is 0 Å². The quantitative estimate of drug-likeness (QED) is 0.722. The van der Waals surface area contributed by atoms with Crippen LogP contribution in [0.5, 0.6) is 0 Å². The molecule has 5 heteroatoms. The lowest BCUT2D eigenvalue weighted by Crippen LogP contribution is -2.27. The summed E-state index contributed by atoms with van der Waals surface area (Å²) in [5, 5.41) is 8.99. The number of hydrogen-bond acceptors (Lipinski definition) is 4. The zero-order chi connectivity index (χ0) is 11.5. The molecule has 0 N–H and O–H groups in total. The molecule has 0 amide bonds. The van der Waals surface area contributed by atoms with Gasteiger partial charge in [0.1, 0.15) is 15.3 Å². The highest BCUT2D eigenvalue weighted by Gasteiger charge is 2.42. The van der Waals surface area contributed by atoms with Gasteiger partial charge in [0.25, 0.3) is 0 Å². The SMILES string of the molecule is CCS(=O)(=O)CCC1(C#N)CCCC1=O. The van der Waals surface area contributed by atoms with E-state index >= 15 is 0 Å². The van der Waals surface area contributed by atoms with Crippen LogP contribution >= 0.6 is 0 Å². The van der Waals surface area contributed by atoms with Gasteiger partial charge in [0.15, 0.2) is 5.78 Å². The van der Waals surface area contributed by atoms with Crippen molar-refractivity contribution in [2.75, 3.05) is 11.5 Å². The smallest absolute Gasteiger partial charge is 0.153 e. The van der Waals surface area contributed by atoms with Crippen LogP contribution in [0.4, 0.5) is 0 Å². The van der Waals surface area contributed by atoms with Crippen molar-refractivity contribution in [3.8, 4) is 6.07 Å². The van der Waals surface area contributed by atoms with E-state index in [9.17, 15) is 13.2 Å². The zero-order valence-electron chi connectivity index (χ0n) is 8.82. The molecule has 0 spiro atoms. The molecular weight excluding hydrogens is 214 g/mol. The Labute approximate surface area is 90.2 Å². The van der Waals surface area contributed by atoms with Crippen LogP contribution < -0.4 is 0 Å². The maximum atomic E-state index is 11.5. The van der Waals surface area contributed by atoms with E-state index in [0.29, 0.717) is 19.3 Å². The lowest BCUT2D eigenvalue weighted by atomic mass is 9.84. The zero-order valence-corrected chi connectivity index (χ0v) is 9.64. The monoisotopic (exact) mass is 229 g/mol. The molecule has 0 aromatic carbocycles. The Balaban J connectivity index is 2.72. The average molecular weight is 229 g/mol. The van der Waals surface area contributed by atoms with Crippen LogP contribution in [0.1, 0.15) is 32.6 Å². The molecule has 0 radical (unpaired) electrons. The standard InChI is InChI=1S/C10H15NO3S/c1-2-15(13,14)7-6-10(8-11)5-3-4-9(10)12/h2-7H2,1H3. The highest BCUT2D eigenvalue weighted by molar-refractivity contribution is 7.91. The number of Topliss-reactive ketones (excluding diaryl/α,β-unsaturated/α-hetero) is 1. The molecule has 1 aliphatic rings. The van der Waals surface area contributed by atoms with Crippen LogP contribution in [-0.4, -0.2) is 25.7 Å². The summed E-state index contributed by atoms with van der Waals surface area (Å²) in [7, 11) is -3.08. The Morgan fingerprint density at radius 2 is 2.20 bits per heavy atom. The Morgan fingerprint density at radius 1 is 1.53 bits per heavy atom. The van der Waals surface area contributed by atoms with Crippen molar-refractivity contribution in [1.82, 2.24) is 0 Å². The van der Waals surface area contributed by atoms with Crippen molar-refractivity contribution in [2.24, 2.45) is 5.41 Å². The van der Waals surface area contributed by atoms with Crippen LogP contribution in [0, 0.1) is 16.7 Å². The second-order valence-corrected chi connectivity index (χ2v) is 6.43. The summed E-state index contributed by atoms with van der Waals surface area (Å²) in [6, 6.07) is 2.01. The second-order valence-electron chi connectivity index (χ2n) is 3.96. The van der Waals surface area contributed by atoms with Gasteiger partial charge in [0, 0.05) is 12.2 Å². The van der Waals surface area contributed by atoms with E-state index in [-0.39, 0.29) is 23.7 Å². The first kappa shape index (κ1) is 12.2. The number of ketones is 1. The van der Waals surface area contributed by atoms with Gasteiger partial charge in [-0.3, -0.25) is 4.79 Å². The van der Waals surface area contributed by atoms with Crippen molar-refractivity contribution in [2.45, 2.75) is 32.6 Å². The van der Waals surface area contributed by atoms with Gasteiger partial charge in [-0.25, -0.2) is 8.42 Å². The molecule has 1 unspecified atom stereocenters. The van der Waals surface area contributed by atoms with Gasteiger partial charge < -0.3 is 0 Å². The number of nitrogens with zero attached hydrogens (tertiary/aromatic N) is 1. The van der Waals surface area contributed by atoms with Gasteiger partial charge in [-0.05, 0) is 19.3 Å². The molecule has 0 bridgehead atoms. The minimum atomic E-state index is -3.08. The van der Waals surface area contributed by atoms with Crippen molar-refractivity contribution in [3.05, 3.63) is 0 Å². The highest BCUT2D eigenvalue weighted by atomic mass is 32.2. The number of carbonyl (C=O) groups is 1. The number of hydrogen-bond donors (Lipinski definition) is 0. The molecule has 1 fully saturated rings. The van der Waals surface area contributed by atoms with E-state index in [1.54, 1.807) is 6.92 Å². The van der Waals surface area contributed by atoms with E-state index in [1.165, 1.54) is 0 Å². The van der Waals surface area contributed by atoms with E-state index in [2.05, 4.69) is 0 Å². The summed E-state index contributed by atoms with van der Waals surface area (Å²) in [5.74, 6) is -0.0674. The number of rotatable bonds is 4. The van der Waals surface area contributed by atoms with Gasteiger partial charge >= 0.3 is 0 Å².